The summed E-state index contributed by atoms with van der Waals surface area (Å²) in [6, 6.07) is 5.70. The van der Waals surface area contributed by atoms with Gasteiger partial charge in [-0.25, -0.2) is 4.98 Å². The number of carbonyl (C=O) groups excluding carboxylic acids is 1. The highest BCUT2D eigenvalue weighted by Gasteiger charge is 2.26. The van der Waals surface area contributed by atoms with Gasteiger partial charge in [0.05, 0.1) is 43.7 Å². The van der Waals surface area contributed by atoms with Crippen LogP contribution in [-0.4, -0.2) is 60.9 Å². The van der Waals surface area contributed by atoms with Gasteiger partial charge in [0, 0.05) is 25.3 Å². The molecule has 0 aliphatic carbocycles. The van der Waals surface area contributed by atoms with Crippen molar-refractivity contribution in [1.29, 1.82) is 0 Å². The van der Waals surface area contributed by atoms with Gasteiger partial charge in [-0.3, -0.25) is 14.2 Å². The van der Waals surface area contributed by atoms with Gasteiger partial charge in [-0.2, -0.15) is 0 Å². The molecule has 32 heavy (non-hydrogen) atoms. The fourth-order valence-electron chi connectivity index (χ4n) is 3.38. The lowest BCUT2D eigenvalue weighted by molar-refractivity contribution is -0.118. The Morgan fingerprint density at radius 2 is 2.06 bits per heavy atom. The lowest BCUT2D eigenvalue weighted by Gasteiger charge is -2.13. The van der Waals surface area contributed by atoms with Gasteiger partial charge in [-0.1, -0.05) is 24.8 Å². The highest BCUT2D eigenvalue weighted by Crippen LogP contribution is 2.34. The first-order chi connectivity index (χ1) is 15.5. The van der Waals surface area contributed by atoms with Gasteiger partial charge >= 0.3 is 0 Å². The average molecular weight is 480 g/mol. The maximum atomic E-state index is 12.9. The molecule has 1 N–H and O–H groups in total. The van der Waals surface area contributed by atoms with Gasteiger partial charge in [0.2, 0.25) is 5.91 Å². The van der Waals surface area contributed by atoms with E-state index in [-0.39, 0.29) is 17.2 Å². The number of carbonyl (C=O) groups is 1. The normalized spacial score (nSPS) is 14.8. The standard InChI is InChI=1S/C22H29N3O5S2/c1-14-11-16-20(32-14)21(27)25(9-10-28-2)22(24-16)31-13-19(26)23-8-7-15-5-6-17(29-3)18(12-15)30-4/h5-6,12,14H,7-11,13H2,1-4H3,(H,23,26). The summed E-state index contributed by atoms with van der Waals surface area (Å²) in [5.41, 5.74) is 1.83. The zero-order chi connectivity index (χ0) is 23.1. The maximum Gasteiger partial charge on any atom is 0.268 e. The Labute approximate surface area is 196 Å². The van der Waals surface area contributed by atoms with Crippen molar-refractivity contribution in [2.75, 3.05) is 40.2 Å². The minimum absolute atomic E-state index is 0.0437. The lowest BCUT2D eigenvalue weighted by Crippen LogP contribution is -2.29. The van der Waals surface area contributed by atoms with Crippen molar-refractivity contribution >= 4 is 29.4 Å². The van der Waals surface area contributed by atoms with Gasteiger partial charge in [0.1, 0.15) is 0 Å². The van der Waals surface area contributed by atoms with Gasteiger partial charge in [0.15, 0.2) is 16.7 Å². The van der Waals surface area contributed by atoms with Gasteiger partial charge < -0.3 is 19.5 Å². The molecule has 3 rings (SSSR count). The number of benzene rings is 1. The Kier molecular flexibility index (Phi) is 8.89. The fraction of sp³-hybridized carbons (Fsp3) is 0.500. The van der Waals surface area contributed by atoms with Crippen LogP contribution in [0.2, 0.25) is 0 Å². The van der Waals surface area contributed by atoms with E-state index in [1.54, 1.807) is 37.7 Å². The van der Waals surface area contributed by atoms with E-state index in [1.807, 2.05) is 18.2 Å². The second-order valence-electron chi connectivity index (χ2n) is 7.33. The molecule has 1 aliphatic heterocycles. The molecular formula is C22H29N3O5S2. The molecule has 0 spiro atoms. The number of fused-ring (bicyclic) bond motifs is 1. The molecule has 2 aromatic rings. The van der Waals surface area contributed by atoms with Crippen LogP contribution in [-0.2, 0) is 28.9 Å². The van der Waals surface area contributed by atoms with E-state index in [0.29, 0.717) is 48.0 Å². The smallest absolute Gasteiger partial charge is 0.268 e. The zero-order valence-corrected chi connectivity index (χ0v) is 20.4. The molecular weight excluding hydrogens is 450 g/mol. The Hall–Kier alpha value is -2.17. The number of rotatable bonds is 11. The molecule has 0 bridgehead atoms. The topological polar surface area (TPSA) is 91.7 Å². The number of aromatic nitrogens is 2. The van der Waals surface area contributed by atoms with E-state index in [1.165, 1.54) is 11.8 Å². The summed E-state index contributed by atoms with van der Waals surface area (Å²) in [6.07, 6.45) is 1.44. The van der Waals surface area contributed by atoms with E-state index < -0.39 is 0 Å². The van der Waals surface area contributed by atoms with Crippen molar-refractivity contribution in [2.45, 2.75) is 41.6 Å². The number of methoxy groups -OCH3 is 3. The van der Waals surface area contributed by atoms with Crippen LogP contribution in [0.25, 0.3) is 0 Å². The molecule has 1 aromatic carbocycles. The van der Waals surface area contributed by atoms with E-state index in [4.69, 9.17) is 19.2 Å². The molecule has 2 heterocycles. The van der Waals surface area contributed by atoms with Crippen LogP contribution in [0.15, 0.2) is 33.0 Å². The summed E-state index contributed by atoms with van der Waals surface area (Å²) >= 11 is 2.85. The van der Waals surface area contributed by atoms with Crippen LogP contribution in [0.3, 0.4) is 0 Å². The van der Waals surface area contributed by atoms with Crippen LogP contribution in [0.4, 0.5) is 0 Å². The summed E-state index contributed by atoms with van der Waals surface area (Å²) in [5, 5.41) is 3.83. The van der Waals surface area contributed by atoms with E-state index in [0.717, 1.165) is 22.6 Å². The van der Waals surface area contributed by atoms with Crippen molar-refractivity contribution in [1.82, 2.24) is 14.9 Å². The predicted molar refractivity (Wildman–Crippen MR) is 126 cm³/mol. The van der Waals surface area contributed by atoms with Crippen molar-refractivity contribution in [2.24, 2.45) is 0 Å². The molecule has 1 atom stereocenters. The molecule has 0 fully saturated rings. The number of thioether (sulfide) groups is 2. The average Bonchev–Trinajstić information content (AvgIpc) is 3.17. The first-order valence-corrected chi connectivity index (χ1v) is 12.2. The van der Waals surface area contributed by atoms with Crippen LogP contribution in [0.1, 0.15) is 18.2 Å². The Bertz CT molecular complexity index is 1010. The summed E-state index contributed by atoms with van der Waals surface area (Å²) in [7, 11) is 4.79. The van der Waals surface area contributed by atoms with Gasteiger partial charge in [-0.15, -0.1) is 11.8 Å². The largest absolute Gasteiger partial charge is 0.493 e. The number of amides is 1. The molecule has 1 amide bonds. The Balaban J connectivity index is 1.58. The fourth-order valence-corrected chi connectivity index (χ4v) is 5.37. The van der Waals surface area contributed by atoms with E-state index >= 15 is 0 Å². The quantitative estimate of drug-likeness (QED) is 0.388. The monoisotopic (exact) mass is 479 g/mol. The molecule has 1 aromatic heterocycles. The molecule has 1 aliphatic rings. The lowest BCUT2D eigenvalue weighted by atomic mass is 10.1. The Morgan fingerprint density at radius 3 is 2.78 bits per heavy atom. The minimum atomic E-state index is -0.105. The molecule has 0 saturated heterocycles. The second-order valence-corrected chi connectivity index (χ2v) is 9.72. The minimum Gasteiger partial charge on any atom is -0.493 e. The van der Waals surface area contributed by atoms with Crippen LogP contribution in [0.5, 0.6) is 11.5 Å². The Morgan fingerprint density at radius 1 is 1.28 bits per heavy atom. The number of hydrogen-bond acceptors (Lipinski definition) is 8. The molecule has 1 unspecified atom stereocenters. The van der Waals surface area contributed by atoms with Crippen LogP contribution >= 0.6 is 23.5 Å². The zero-order valence-electron chi connectivity index (χ0n) is 18.8. The van der Waals surface area contributed by atoms with Crippen molar-refractivity contribution in [3.8, 4) is 11.5 Å². The number of hydrogen-bond donors (Lipinski definition) is 1. The van der Waals surface area contributed by atoms with Gasteiger partial charge in [-0.05, 0) is 24.1 Å². The van der Waals surface area contributed by atoms with Crippen LogP contribution in [0, 0.1) is 0 Å². The first-order valence-electron chi connectivity index (χ1n) is 10.4. The predicted octanol–water partition coefficient (Wildman–Crippen LogP) is 2.39. The molecule has 0 saturated carbocycles. The molecule has 8 nitrogen and oxygen atoms in total. The van der Waals surface area contributed by atoms with E-state index in [2.05, 4.69) is 12.2 Å². The van der Waals surface area contributed by atoms with Gasteiger partial charge in [0.25, 0.3) is 5.56 Å². The van der Waals surface area contributed by atoms with Crippen molar-refractivity contribution in [3.63, 3.8) is 0 Å². The number of ether oxygens (including phenoxy) is 3. The SMILES string of the molecule is COCCn1c(SCC(=O)NCCc2ccc(OC)c(OC)c2)nc2c(c1=O)SC(C)C2. The highest BCUT2D eigenvalue weighted by molar-refractivity contribution is 8.00. The van der Waals surface area contributed by atoms with Crippen molar-refractivity contribution in [3.05, 3.63) is 39.8 Å². The molecule has 10 heteroatoms. The summed E-state index contributed by atoms with van der Waals surface area (Å²) < 4.78 is 17.3. The van der Waals surface area contributed by atoms with Crippen molar-refractivity contribution < 1.29 is 19.0 Å². The molecule has 0 radical (unpaired) electrons. The van der Waals surface area contributed by atoms with E-state index in [9.17, 15) is 9.59 Å². The summed E-state index contributed by atoms with van der Waals surface area (Å²) in [5.74, 6) is 1.42. The summed E-state index contributed by atoms with van der Waals surface area (Å²) in [4.78, 5) is 30.7. The van der Waals surface area contributed by atoms with Crippen LogP contribution < -0.4 is 20.3 Å². The maximum absolute atomic E-state index is 12.9. The number of nitrogens with one attached hydrogen (secondary N) is 1. The molecule has 174 valence electrons. The third-order valence-electron chi connectivity index (χ3n) is 5.00. The summed E-state index contributed by atoms with van der Waals surface area (Å²) in [6.45, 7) is 3.40. The highest BCUT2D eigenvalue weighted by atomic mass is 32.2. The third-order valence-corrected chi connectivity index (χ3v) is 7.19. The first kappa shape index (κ1) is 24.5. The third kappa shape index (κ3) is 5.99. The second kappa shape index (κ2) is 11.6. The number of nitrogens with zero attached hydrogens (tertiary/aromatic N) is 2.